The van der Waals surface area contributed by atoms with Crippen LogP contribution in [0.1, 0.15) is 30.5 Å². The second kappa shape index (κ2) is 8.06. The van der Waals surface area contributed by atoms with Crippen LogP contribution in [0.15, 0.2) is 42.5 Å². The molecule has 0 amide bonds. The van der Waals surface area contributed by atoms with Gasteiger partial charge in [-0.05, 0) is 47.9 Å². The molecule has 2 nitrogen and oxygen atoms in total. The Balaban J connectivity index is 1.99. The second-order valence-electron chi connectivity index (χ2n) is 5.00. The van der Waals surface area contributed by atoms with Gasteiger partial charge in [-0.1, -0.05) is 49.7 Å². The summed E-state index contributed by atoms with van der Waals surface area (Å²) < 4.78 is 5.87. The highest BCUT2D eigenvalue weighted by Crippen LogP contribution is 2.23. The van der Waals surface area contributed by atoms with Crippen LogP contribution < -0.4 is 10.1 Å². The normalized spacial score (nSPS) is 10.6. The molecule has 0 aliphatic carbocycles. The van der Waals surface area contributed by atoms with Gasteiger partial charge in [0.1, 0.15) is 12.4 Å². The third-order valence-electron chi connectivity index (χ3n) is 3.37. The van der Waals surface area contributed by atoms with Crippen LogP contribution in [-0.4, -0.2) is 6.54 Å². The summed E-state index contributed by atoms with van der Waals surface area (Å²) in [6.45, 7) is 6.65. The minimum Gasteiger partial charge on any atom is -0.489 e. The number of ether oxygens (including phenoxy) is 1. The van der Waals surface area contributed by atoms with Gasteiger partial charge in [0.25, 0.3) is 0 Å². The van der Waals surface area contributed by atoms with Crippen LogP contribution >= 0.6 is 11.6 Å². The molecule has 0 aliphatic rings. The highest BCUT2D eigenvalue weighted by Gasteiger charge is 2.02. The van der Waals surface area contributed by atoms with E-state index in [1.165, 1.54) is 11.1 Å². The first-order chi connectivity index (χ1) is 10.2. The van der Waals surface area contributed by atoms with Crippen LogP contribution in [0.3, 0.4) is 0 Å². The van der Waals surface area contributed by atoms with E-state index >= 15 is 0 Å². The average molecular weight is 304 g/mol. The number of aryl methyl sites for hydroxylation is 1. The average Bonchev–Trinajstić information content (AvgIpc) is 2.52. The molecule has 0 atom stereocenters. The molecule has 112 valence electrons. The van der Waals surface area contributed by atoms with Crippen molar-refractivity contribution in [1.29, 1.82) is 0 Å². The molecule has 0 heterocycles. The number of rotatable bonds is 7. The smallest absolute Gasteiger partial charge is 0.120 e. The largest absolute Gasteiger partial charge is 0.489 e. The van der Waals surface area contributed by atoms with Gasteiger partial charge in [-0.15, -0.1) is 0 Å². The van der Waals surface area contributed by atoms with Gasteiger partial charge in [0.15, 0.2) is 0 Å². The van der Waals surface area contributed by atoms with Gasteiger partial charge in [0.05, 0.1) is 0 Å². The van der Waals surface area contributed by atoms with E-state index in [0.717, 1.165) is 35.8 Å². The summed E-state index contributed by atoms with van der Waals surface area (Å²) in [4.78, 5) is 0. The summed E-state index contributed by atoms with van der Waals surface area (Å²) in [5.41, 5.74) is 3.58. The lowest BCUT2D eigenvalue weighted by atomic mass is 10.1. The number of halogens is 1. The van der Waals surface area contributed by atoms with E-state index in [0.29, 0.717) is 6.61 Å². The fourth-order valence-electron chi connectivity index (χ4n) is 2.18. The quantitative estimate of drug-likeness (QED) is 0.807. The van der Waals surface area contributed by atoms with Crippen molar-refractivity contribution in [2.24, 2.45) is 0 Å². The summed E-state index contributed by atoms with van der Waals surface area (Å²) in [5, 5.41) is 4.13. The van der Waals surface area contributed by atoms with Crippen LogP contribution in [0.4, 0.5) is 0 Å². The van der Waals surface area contributed by atoms with Gasteiger partial charge in [0.2, 0.25) is 0 Å². The zero-order valence-electron chi connectivity index (χ0n) is 12.7. The molecule has 0 unspecified atom stereocenters. The van der Waals surface area contributed by atoms with Crippen molar-refractivity contribution in [3.8, 4) is 5.75 Å². The molecule has 0 spiro atoms. The van der Waals surface area contributed by atoms with E-state index in [1.54, 1.807) is 0 Å². The standard InChI is InChI=1S/C18H22ClNO/c1-3-16-11-17(8-9-18(16)19)21-13-15-7-5-6-14(10-15)12-20-4-2/h5-11,20H,3-4,12-13H2,1-2H3. The Morgan fingerprint density at radius 1 is 1.05 bits per heavy atom. The number of hydrogen-bond donors (Lipinski definition) is 1. The lowest BCUT2D eigenvalue weighted by Gasteiger charge is -2.10. The van der Waals surface area contributed by atoms with Crippen LogP contribution in [0.25, 0.3) is 0 Å². The van der Waals surface area contributed by atoms with E-state index in [4.69, 9.17) is 16.3 Å². The fourth-order valence-corrected chi connectivity index (χ4v) is 2.43. The van der Waals surface area contributed by atoms with E-state index in [2.05, 4.69) is 43.4 Å². The molecule has 0 bridgehead atoms. The molecule has 21 heavy (non-hydrogen) atoms. The van der Waals surface area contributed by atoms with Crippen molar-refractivity contribution < 1.29 is 4.74 Å². The Morgan fingerprint density at radius 2 is 1.86 bits per heavy atom. The Hall–Kier alpha value is -1.51. The summed E-state index contributed by atoms with van der Waals surface area (Å²) >= 11 is 6.12. The Kier molecular flexibility index (Phi) is 6.09. The van der Waals surface area contributed by atoms with Crippen LogP contribution in [0.5, 0.6) is 5.75 Å². The predicted molar refractivity (Wildman–Crippen MR) is 89.0 cm³/mol. The Morgan fingerprint density at radius 3 is 2.62 bits per heavy atom. The molecule has 2 aromatic carbocycles. The SMILES string of the molecule is CCNCc1cccc(COc2ccc(Cl)c(CC)c2)c1. The molecule has 0 radical (unpaired) electrons. The third-order valence-corrected chi connectivity index (χ3v) is 3.74. The Bertz CT molecular complexity index is 583. The molecule has 0 saturated carbocycles. The maximum atomic E-state index is 6.12. The number of nitrogens with one attached hydrogen (secondary N) is 1. The van der Waals surface area contributed by atoms with Crippen molar-refractivity contribution in [2.45, 2.75) is 33.4 Å². The zero-order chi connectivity index (χ0) is 15.1. The number of benzene rings is 2. The maximum Gasteiger partial charge on any atom is 0.120 e. The van der Waals surface area contributed by atoms with E-state index in [9.17, 15) is 0 Å². The number of hydrogen-bond acceptors (Lipinski definition) is 2. The van der Waals surface area contributed by atoms with Gasteiger partial charge in [-0.3, -0.25) is 0 Å². The Labute approximate surface area is 132 Å². The summed E-state index contributed by atoms with van der Waals surface area (Å²) in [5.74, 6) is 0.869. The molecular formula is C18H22ClNO. The molecule has 1 N–H and O–H groups in total. The zero-order valence-corrected chi connectivity index (χ0v) is 13.4. The van der Waals surface area contributed by atoms with Gasteiger partial charge in [-0.2, -0.15) is 0 Å². The van der Waals surface area contributed by atoms with E-state index in [1.807, 2.05) is 18.2 Å². The maximum absolute atomic E-state index is 6.12. The summed E-state index contributed by atoms with van der Waals surface area (Å²) in [6.07, 6.45) is 0.911. The molecule has 0 aromatic heterocycles. The van der Waals surface area contributed by atoms with Crippen molar-refractivity contribution >= 4 is 11.6 Å². The van der Waals surface area contributed by atoms with Crippen LogP contribution in [-0.2, 0) is 19.6 Å². The molecule has 0 fully saturated rings. The van der Waals surface area contributed by atoms with E-state index < -0.39 is 0 Å². The lowest BCUT2D eigenvalue weighted by molar-refractivity contribution is 0.306. The minimum atomic E-state index is 0.574. The van der Waals surface area contributed by atoms with Gasteiger partial charge < -0.3 is 10.1 Å². The molecule has 2 aromatic rings. The van der Waals surface area contributed by atoms with Crippen LogP contribution in [0.2, 0.25) is 5.02 Å². The first-order valence-electron chi connectivity index (χ1n) is 7.42. The molecule has 3 heteroatoms. The molecule has 2 rings (SSSR count). The molecule has 0 saturated heterocycles. The molecular weight excluding hydrogens is 282 g/mol. The first-order valence-corrected chi connectivity index (χ1v) is 7.80. The summed E-state index contributed by atoms with van der Waals surface area (Å²) in [7, 11) is 0. The first kappa shape index (κ1) is 15.9. The lowest BCUT2D eigenvalue weighted by Crippen LogP contribution is -2.11. The van der Waals surface area contributed by atoms with Crippen LogP contribution in [0, 0.1) is 0 Å². The highest BCUT2D eigenvalue weighted by molar-refractivity contribution is 6.31. The fraction of sp³-hybridized carbons (Fsp3) is 0.333. The third kappa shape index (κ3) is 4.76. The van der Waals surface area contributed by atoms with Gasteiger partial charge in [0, 0.05) is 11.6 Å². The predicted octanol–water partition coefficient (Wildman–Crippen LogP) is 4.59. The van der Waals surface area contributed by atoms with Crippen molar-refractivity contribution in [3.63, 3.8) is 0 Å². The highest BCUT2D eigenvalue weighted by atomic mass is 35.5. The van der Waals surface area contributed by atoms with Crippen molar-refractivity contribution in [3.05, 3.63) is 64.2 Å². The van der Waals surface area contributed by atoms with E-state index in [-0.39, 0.29) is 0 Å². The summed E-state index contributed by atoms with van der Waals surface area (Å²) in [6, 6.07) is 14.3. The second-order valence-corrected chi connectivity index (χ2v) is 5.40. The monoisotopic (exact) mass is 303 g/mol. The van der Waals surface area contributed by atoms with Crippen molar-refractivity contribution in [2.75, 3.05) is 6.54 Å². The van der Waals surface area contributed by atoms with Gasteiger partial charge in [-0.25, -0.2) is 0 Å². The van der Waals surface area contributed by atoms with Gasteiger partial charge >= 0.3 is 0 Å². The van der Waals surface area contributed by atoms with Crippen molar-refractivity contribution in [1.82, 2.24) is 5.32 Å². The molecule has 0 aliphatic heterocycles. The minimum absolute atomic E-state index is 0.574. The topological polar surface area (TPSA) is 21.3 Å².